The summed E-state index contributed by atoms with van der Waals surface area (Å²) in [5.74, 6) is 3.12. The van der Waals surface area contributed by atoms with Crippen LogP contribution >= 0.6 is 0 Å². The first-order chi connectivity index (χ1) is 19.2. The summed E-state index contributed by atoms with van der Waals surface area (Å²) in [4.78, 5) is 23.5. The van der Waals surface area contributed by atoms with Gasteiger partial charge in [0.25, 0.3) is 0 Å². The number of hydrogen-bond donors (Lipinski definition) is 1. The molecule has 7 rings (SSSR count). The van der Waals surface area contributed by atoms with Gasteiger partial charge in [0, 0.05) is 31.9 Å². The summed E-state index contributed by atoms with van der Waals surface area (Å²) in [6.45, 7) is 10.5. The molecule has 4 saturated carbocycles. The molecule has 2 aliphatic heterocycles. The molecule has 1 aromatic rings. The van der Waals surface area contributed by atoms with Gasteiger partial charge < -0.3 is 19.8 Å². The first-order valence-electron chi connectivity index (χ1n) is 16.5. The Balaban J connectivity index is 1.06. The molecule has 1 spiro atoms. The first-order valence-corrected chi connectivity index (χ1v) is 16.5. The van der Waals surface area contributed by atoms with Gasteiger partial charge in [-0.2, -0.15) is 0 Å². The number of amides is 1. The first kappa shape index (κ1) is 28.5. The number of aliphatic hydroxyl groups is 1. The molecule has 1 aromatic carbocycles. The lowest BCUT2D eigenvalue weighted by Gasteiger charge is -2.60. The number of rotatable bonds is 9. The molecule has 6 fully saturated rings. The minimum Gasteiger partial charge on any atom is -0.376 e. The molecule has 0 aromatic heterocycles. The van der Waals surface area contributed by atoms with Gasteiger partial charge in [-0.15, -0.1) is 0 Å². The second-order valence-electron chi connectivity index (χ2n) is 14.7. The minimum absolute atomic E-state index is 0.324. The predicted molar refractivity (Wildman–Crippen MR) is 162 cm³/mol. The lowest BCUT2D eigenvalue weighted by atomic mass is 9.45. The van der Waals surface area contributed by atoms with Crippen LogP contribution in [0.3, 0.4) is 0 Å². The van der Waals surface area contributed by atoms with Crippen LogP contribution in [0.1, 0.15) is 90.9 Å². The lowest BCUT2D eigenvalue weighted by Crippen LogP contribution is -2.57. The molecule has 6 heteroatoms. The van der Waals surface area contributed by atoms with Crippen LogP contribution in [0, 0.1) is 23.2 Å². The van der Waals surface area contributed by atoms with Crippen molar-refractivity contribution in [1.29, 1.82) is 0 Å². The van der Waals surface area contributed by atoms with Crippen molar-refractivity contribution in [1.82, 2.24) is 14.7 Å². The molecule has 1 amide bonds. The molecule has 2 saturated heterocycles. The van der Waals surface area contributed by atoms with Crippen molar-refractivity contribution in [2.24, 2.45) is 23.2 Å². The number of para-hydroxylation sites is 1. The van der Waals surface area contributed by atoms with E-state index in [9.17, 15) is 9.90 Å². The van der Waals surface area contributed by atoms with Crippen LogP contribution in [0.4, 0.5) is 5.69 Å². The number of piperidine rings is 1. The highest BCUT2D eigenvalue weighted by molar-refractivity contribution is 5.93. The third-order valence-corrected chi connectivity index (χ3v) is 12.4. The van der Waals surface area contributed by atoms with Crippen molar-refractivity contribution in [2.45, 2.75) is 102 Å². The maximum Gasteiger partial charge on any atom is 0.250 e. The van der Waals surface area contributed by atoms with Crippen molar-refractivity contribution in [2.75, 3.05) is 51.3 Å². The number of carbonyl (C=O) groups is 1. The predicted octanol–water partition coefficient (Wildman–Crippen LogP) is 5.56. The largest absolute Gasteiger partial charge is 0.376 e. The zero-order valence-corrected chi connectivity index (χ0v) is 25.5. The van der Waals surface area contributed by atoms with E-state index in [1.807, 2.05) is 0 Å². The van der Waals surface area contributed by atoms with Crippen LogP contribution in [-0.2, 0) is 4.79 Å². The second-order valence-corrected chi connectivity index (χ2v) is 14.7. The number of anilines is 1. The third-order valence-electron chi connectivity index (χ3n) is 12.4. The second kappa shape index (κ2) is 11.2. The SMILES string of the molecule is CN(CCCN1CN(c2ccccc2)C2(CCN(CCC3CCC4CC3C4(C)C)CC2)C1=O)C1(O)CCCCC1. The van der Waals surface area contributed by atoms with Gasteiger partial charge in [0.2, 0.25) is 5.91 Å². The van der Waals surface area contributed by atoms with Crippen molar-refractivity contribution >= 4 is 11.6 Å². The molecule has 2 heterocycles. The fraction of sp³-hybridized carbons (Fsp3) is 0.794. The van der Waals surface area contributed by atoms with E-state index in [0.29, 0.717) is 18.0 Å². The maximum absolute atomic E-state index is 14.1. The van der Waals surface area contributed by atoms with E-state index in [2.05, 4.69) is 70.8 Å². The van der Waals surface area contributed by atoms with Gasteiger partial charge in [-0.05, 0) is 120 Å². The fourth-order valence-corrected chi connectivity index (χ4v) is 9.38. The quantitative estimate of drug-likeness (QED) is 0.408. The smallest absolute Gasteiger partial charge is 0.250 e. The van der Waals surface area contributed by atoms with Gasteiger partial charge in [0.15, 0.2) is 0 Å². The molecular weight excluding hydrogens is 496 g/mol. The Hall–Kier alpha value is -1.63. The highest BCUT2D eigenvalue weighted by atomic mass is 16.3. The number of benzene rings is 1. The number of fused-ring (bicyclic) bond motifs is 2. The van der Waals surface area contributed by atoms with Crippen LogP contribution in [-0.4, -0.2) is 83.4 Å². The Labute approximate surface area is 243 Å². The summed E-state index contributed by atoms with van der Waals surface area (Å²) in [6, 6.07) is 10.6. The third kappa shape index (κ3) is 5.11. The molecule has 4 aliphatic carbocycles. The van der Waals surface area contributed by atoms with Crippen LogP contribution in [0.15, 0.2) is 30.3 Å². The summed E-state index contributed by atoms with van der Waals surface area (Å²) in [7, 11) is 2.06. The summed E-state index contributed by atoms with van der Waals surface area (Å²) in [6.07, 6.45) is 13.6. The van der Waals surface area contributed by atoms with Crippen molar-refractivity contribution < 1.29 is 9.90 Å². The number of hydrogen-bond acceptors (Lipinski definition) is 5. The highest BCUT2D eigenvalue weighted by Gasteiger charge is 2.55. The van der Waals surface area contributed by atoms with Crippen molar-refractivity contribution in [3.63, 3.8) is 0 Å². The Morgan fingerprint density at radius 1 is 0.975 bits per heavy atom. The monoisotopic (exact) mass is 550 g/mol. The number of carbonyl (C=O) groups excluding carboxylic acids is 1. The molecule has 3 atom stereocenters. The Morgan fingerprint density at radius 2 is 1.70 bits per heavy atom. The zero-order chi connectivity index (χ0) is 28.0. The maximum atomic E-state index is 14.1. The van der Waals surface area contributed by atoms with Gasteiger partial charge in [-0.1, -0.05) is 38.5 Å². The van der Waals surface area contributed by atoms with Gasteiger partial charge in [0.05, 0.1) is 6.67 Å². The van der Waals surface area contributed by atoms with Gasteiger partial charge in [0.1, 0.15) is 11.3 Å². The Kier molecular flexibility index (Phi) is 7.99. The van der Waals surface area contributed by atoms with Gasteiger partial charge in [-0.3, -0.25) is 9.69 Å². The molecule has 3 unspecified atom stereocenters. The van der Waals surface area contributed by atoms with E-state index in [4.69, 9.17) is 0 Å². The van der Waals surface area contributed by atoms with Crippen LogP contribution < -0.4 is 4.90 Å². The van der Waals surface area contributed by atoms with Crippen molar-refractivity contribution in [3.8, 4) is 0 Å². The zero-order valence-electron chi connectivity index (χ0n) is 25.5. The molecule has 0 radical (unpaired) electrons. The normalized spacial score (nSPS) is 31.1. The lowest BCUT2D eigenvalue weighted by molar-refractivity contribution is -0.134. The standard InChI is InChI=1S/C34H54N4O2/c1-32(2)28-14-13-27(30(32)25-28)15-22-36-23-18-33(19-24-36)31(39)37(26-38(33)29-11-6-4-7-12-29)21-10-20-35(3)34(40)16-8-5-9-17-34/h4,6-7,11-12,27-28,30,40H,5,8-10,13-26H2,1-3H3. The summed E-state index contributed by atoms with van der Waals surface area (Å²) in [5.41, 5.74) is 0.655. The molecule has 1 N–H and O–H groups in total. The molecule has 40 heavy (non-hydrogen) atoms. The van der Waals surface area contributed by atoms with Crippen molar-refractivity contribution in [3.05, 3.63) is 30.3 Å². The van der Waals surface area contributed by atoms with E-state index < -0.39 is 11.3 Å². The van der Waals surface area contributed by atoms with E-state index in [-0.39, 0.29) is 0 Å². The Morgan fingerprint density at radius 3 is 2.38 bits per heavy atom. The van der Waals surface area contributed by atoms with E-state index in [1.54, 1.807) is 0 Å². The summed E-state index contributed by atoms with van der Waals surface area (Å²) >= 11 is 0. The van der Waals surface area contributed by atoms with E-state index in [0.717, 1.165) is 88.9 Å². The van der Waals surface area contributed by atoms with Gasteiger partial charge in [-0.25, -0.2) is 0 Å². The minimum atomic E-state index is -0.662. The van der Waals surface area contributed by atoms with Crippen LogP contribution in [0.2, 0.25) is 0 Å². The van der Waals surface area contributed by atoms with Crippen LogP contribution in [0.5, 0.6) is 0 Å². The van der Waals surface area contributed by atoms with E-state index in [1.165, 1.54) is 44.3 Å². The molecule has 6 nitrogen and oxygen atoms in total. The average Bonchev–Trinajstić information content (AvgIpc) is 3.24. The van der Waals surface area contributed by atoms with E-state index >= 15 is 0 Å². The summed E-state index contributed by atoms with van der Waals surface area (Å²) < 4.78 is 0. The number of likely N-dealkylation sites (tertiary alicyclic amines) is 1. The molecule has 222 valence electrons. The van der Waals surface area contributed by atoms with Gasteiger partial charge >= 0.3 is 0 Å². The highest BCUT2D eigenvalue weighted by Crippen LogP contribution is 2.62. The summed E-state index contributed by atoms with van der Waals surface area (Å²) in [5, 5.41) is 11.1. The topological polar surface area (TPSA) is 50.3 Å². The molecular formula is C34H54N4O2. The van der Waals surface area contributed by atoms with Crippen LogP contribution in [0.25, 0.3) is 0 Å². The molecule has 2 bridgehead atoms. The Bertz CT molecular complexity index is 1010. The average molecular weight is 551 g/mol. The molecule has 6 aliphatic rings. The number of nitrogens with zero attached hydrogens (tertiary/aromatic N) is 4. The fourth-order valence-electron chi connectivity index (χ4n) is 9.38.